The lowest BCUT2D eigenvalue weighted by atomic mass is 9.96. The third-order valence-corrected chi connectivity index (χ3v) is 5.04. The first-order valence-corrected chi connectivity index (χ1v) is 9.72. The van der Waals surface area contributed by atoms with Crippen LogP contribution in [-0.2, 0) is 12.8 Å². The molecule has 2 nitrogen and oxygen atoms in total. The molecule has 142 valence electrons. The molecular weight excluding hydrogens is 342 g/mol. The van der Waals surface area contributed by atoms with E-state index in [1.807, 2.05) is 43.3 Å². The summed E-state index contributed by atoms with van der Waals surface area (Å²) < 4.78 is 0. The summed E-state index contributed by atoms with van der Waals surface area (Å²) in [5.41, 5.74) is 7.96. The van der Waals surface area contributed by atoms with E-state index in [2.05, 4.69) is 55.6 Å². The van der Waals surface area contributed by atoms with Gasteiger partial charge in [0.2, 0.25) is 0 Å². The van der Waals surface area contributed by atoms with Crippen molar-refractivity contribution in [1.82, 2.24) is 0 Å². The Morgan fingerprint density at radius 1 is 0.821 bits per heavy atom. The number of allylic oxidation sites excluding steroid dienone is 2. The van der Waals surface area contributed by atoms with Crippen LogP contribution in [0.5, 0.6) is 0 Å². The number of hydrogen-bond acceptors (Lipinski definition) is 2. The van der Waals surface area contributed by atoms with Crippen LogP contribution in [0.2, 0.25) is 0 Å². The van der Waals surface area contributed by atoms with Gasteiger partial charge in [-0.25, -0.2) is 0 Å². The minimum absolute atomic E-state index is 0.0126. The van der Waals surface area contributed by atoms with E-state index >= 15 is 0 Å². The van der Waals surface area contributed by atoms with Crippen molar-refractivity contribution in [2.75, 3.05) is 5.32 Å². The molecule has 3 rings (SSSR count). The van der Waals surface area contributed by atoms with E-state index in [0.29, 0.717) is 5.56 Å². The lowest BCUT2D eigenvalue weighted by Gasteiger charge is -2.14. The first-order chi connectivity index (χ1) is 13.5. The van der Waals surface area contributed by atoms with Crippen LogP contribution in [0.3, 0.4) is 0 Å². The van der Waals surface area contributed by atoms with E-state index in [-0.39, 0.29) is 5.78 Å². The van der Waals surface area contributed by atoms with Gasteiger partial charge in [0.15, 0.2) is 5.78 Å². The van der Waals surface area contributed by atoms with E-state index in [1.165, 1.54) is 22.3 Å². The number of carbonyl (C=O) groups excluding carboxylic acids is 1. The van der Waals surface area contributed by atoms with Gasteiger partial charge in [0.05, 0.1) is 0 Å². The largest absolute Gasteiger partial charge is 0.359 e. The van der Waals surface area contributed by atoms with Crippen LogP contribution >= 0.6 is 0 Å². The van der Waals surface area contributed by atoms with Gasteiger partial charge in [-0.05, 0) is 61.9 Å². The van der Waals surface area contributed by atoms with E-state index < -0.39 is 0 Å². The Bertz CT molecular complexity index is 966. The number of nitrogens with one attached hydrogen (secondary N) is 1. The Hall–Kier alpha value is -3.13. The first-order valence-electron chi connectivity index (χ1n) is 9.72. The van der Waals surface area contributed by atoms with Crippen LogP contribution in [0, 0.1) is 13.8 Å². The van der Waals surface area contributed by atoms with Gasteiger partial charge in [-0.3, -0.25) is 4.79 Å². The third kappa shape index (κ3) is 4.98. The zero-order chi connectivity index (χ0) is 19.9. The highest BCUT2D eigenvalue weighted by molar-refractivity contribution is 6.05. The number of carbonyl (C=O) groups is 1. The second-order valence-electron chi connectivity index (χ2n) is 7.21. The highest BCUT2D eigenvalue weighted by atomic mass is 16.1. The summed E-state index contributed by atoms with van der Waals surface area (Å²) in [5, 5.41) is 3.42. The molecule has 0 bridgehead atoms. The second-order valence-corrected chi connectivity index (χ2v) is 7.21. The summed E-state index contributed by atoms with van der Waals surface area (Å²) in [6.45, 7) is 6.28. The van der Waals surface area contributed by atoms with Crippen LogP contribution in [0.1, 0.15) is 39.5 Å². The molecule has 0 saturated heterocycles. The Balaban J connectivity index is 1.73. The maximum Gasteiger partial charge on any atom is 0.187 e. The Kier molecular flexibility index (Phi) is 6.44. The first kappa shape index (κ1) is 19.6. The number of anilines is 1. The number of aryl methyl sites for hydroxylation is 3. The molecule has 3 aromatic carbocycles. The molecule has 0 atom stereocenters. The van der Waals surface area contributed by atoms with Gasteiger partial charge in [0.1, 0.15) is 0 Å². The van der Waals surface area contributed by atoms with Crippen molar-refractivity contribution >= 4 is 11.5 Å². The zero-order valence-corrected chi connectivity index (χ0v) is 16.8. The Labute approximate surface area is 167 Å². The minimum atomic E-state index is 0.0126. The van der Waals surface area contributed by atoms with Crippen molar-refractivity contribution in [3.05, 3.63) is 112 Å². The average Bonchev–Trinajstić information content (AvgIpc) is 2.69. The van der Waals surface area contributed by atoms with Crippen molar-refractivity contribution in [2.24, 2.45) is 0 Å². The minimum Gasteiger partial charge on any atom is -0.359 e. The smallest absolute Gasteiger partial charge is 0.187 e. The lowest BCUT2D eigenvalue weighted by Crippen LogP contribution is -2.04. The molecule has 28 heavy (non-hydrogen) atoms. The van der Waals surface area contributed by atoms with Crippen LogP contribution in [0.15, 0.2) is 84.6 Å². The van der Waals surface area contributed by atoms with Crippen molar-refractivity contribution in [3.8, 4) is 0 Å². The van der Waals surface area contributed by atoms with E-state index in [0.717, 1.165) is 24.2 Å². The number of hydrogen-bond donors (Lipinski definition) is 1. The molecule has 0 aliphatic heterocycles. The van der Waals surface area contributed by atoms with E-state index in [9.17, 15) is 4.79 Å². The Morgan fingerprint density at radius 3 is 2.18 bits per heavy atom. The summed E-state index contributed by atoms with van der Waals surface area (Å²) in [6, 6.07) is 24.1. The normalized spacial score (nSPS) is 11.3. The maximum absolute atomic E-state index is 12.4. The van der Waals surface area contributed by atoms with Gasteiger partial charge >= 0.3 is 0 Å². The number of rotatable bonds is 7. The SMILES string of the molecule is C/C(=C/C(=O)c1ccccc1)Nc1ccccc1CCc1c(C)cccc1C. The topological polar surface area (TPSA) is 29.1 Å². The third-order valence-electron chi connectivity index (χ3n) is 5.04. The van der Waals surface area contributed by atoms with Crippen molar-refractivity contribution in [2.45, 2.75) is 33.6 Å². The van der Waals surface area contributed by atoms with Gasteiger partial charge < -0.3 is 5.32 Å². The molecule has 0 aliphatic carbocycles. The Morgan fingerprint density at radius 2 is 1.46 bits per heavy atom. The predicted octanol–water partition coefficient (Wildman–Crippen LogP) is 6.29. The van der Waals surface area contributed by atoms with Crippen molar-refractivity contribution in [1.29, 1.82) is 0 Å². The van der Waals surface area contributed by atoms with Crippen LogP contribution in [0.25, 0.3) is 0 Å². The monoisotopic (exact) mass is 369 g/mol. The van der Waals surface area contributed by atoms with E-state index in [4.69, 9.17) is 0 Å². The predicted molar refractivity (Wildman–Crippen MR) is 118 cm³/mol. The standard InChI is InChI=1S/C26H27NO/c1-19-10-9-11-20(2)24(19)17-16-22-12-7-8-15-25(22)27-21(3)18-26(28)23-13-5-4-6-14-23/h4-15,18,27H,16-17H2,1-3H3/b21-18-. The molecule has 0 unspecified atom stereocenters. The summed E-state index contributed by atoms with van der Waals surface area (Å²) in [5.74, 6) is 0.0126. The summed E-state index contributed by atoms with van der Waals surface area (Å²) >= 11 is 0. The van der Waals surface area contributed by atoms with Gasteiger partial charge in [-0.15, -0.1) is 0 Å². The lowest BCUT2D eigenvalue weighted by molar-refractivity contribution is 0.104. The molecule has 0 radical (unpaired) electrons. The summed E-state index contributed by atoms with van der Waals surface area (Å²) in [7, 11) is 0. The highest BCUT2D eigenvalue weighted by Gasteiger charge is 2.07. The number of para-hydroxylation sites is 1. The van der Waals surface area contributed by atoms with E-state index in [1.54, 1.807) is 6.08 Å². The van der Waals surface area contributed by atoms with Gasteiger partial charge in [0.25, 0.3) is 0 Å². The molecule has 3 aromatic rings. The second kappa shape index (κ2) is 9.18. The molecule has 1 N–H and O–H groups in total. The zero-order valence-electron chi connectivity index (χ0n) is 16.8. The summed E-state index contributed by atoms with van der Waals surface area (Å²) in [4.78, 5) is 12.4. The molecule has 0 saturated carbocycles. The fourth-order valence-electron chi connectivity index (χ4n) is 3.49. The average molecular weight is 370 g/mol. The van der Waals surface area contributed by atoms with Crippen LogP contribution in [-0.4, -0.2) is 5.78 Å². The fraction of sp³-hybridized carbons (Fsp3) is 0.192. The molecule has 0 fully saturated rings. The van der Waals surface area contributed by atoms with Crippen LogP contribution in [0.4, 0.5) is 5.69 Å². The van der Waals surface area contributed by atoms with Gasteiger partial charge in [-0.2, -0.15) is 0 Å². The van der Waals surface area contributed by atoms with Crippen molar-refractivity contribution < 1.29 is 4.79 Å². The molecule has 0 heterocycles. The molecule has 0 amide bonds. The maximum atomic E-state index is 12.4. The highest BCUT2D eigenvalue weighted by Crippen LogP contribution is 2.22. The fourth-order valence-corrected chi connectivity index (χ4v) is 3.49. The summed E-state index contributed by atoms with van der Waals surface area (Å²) in [6.07, 6.45) is 3.62. The molecular formula is C26H27NO. The number of benzene rings is 3. The van der Waals surface area contributed by atoms with Gasteiger partial charge in [-0.1, -0.05) is 66.7 Å². The molecule has 0 aliphatic rings. The molecule has 2 heteroatoms. The quantitative estimate of drug-likeness (QED) is 0.392. The van der Waals surface area contributed by atoms with Crippen LogP contribution < -0.4 is 5.32 Å². The van der Waals surface area contributed by atoms with Gasteiger partial charge in [0, 0.05) is 23.0 Å². The molecule has 0 aromatic heterocycles. The number of ketones is 1. The molecule has 0 spiro atoms. The van der Waals surface area contributed by atoms with Crippen molar-refractivity contribution in [3.63, 3.8) is 0 Å².